The Labute approximate surface area is 204 Å². The largest absolute Gasteiger partial charge is 0.507 e. The number of hydrogen-bond donors (Lipinski definition) is 1. The molecule has 34 heavy (non-hydrogen) atoms. The minimum atomic E-state index is -2.16. The van der Waals surface area contributed by atoms with Gasteiger partial charge in [-0.25, -0.2) is 4.79 Å². The first-order chi connectivity index (χ1) is 15.6. The summed E-state index contributed by atoms with van der Waals surface area (Å²) in [6.45, 7) is 18.1. The van der Waals surface area contributed by atoms with Gasteiger partial charge in [0.1, 0.15) is 11.5 Å². The normalized spacial score (nSPS) is 25.7. The number of ether oxygens (including phenoxy) is 3. The van der Waals surface area contributed by atoms with Crippen molar-refractivity contribution in [3.63, 3.8) is 0 Å². The molecule has 1 aliphatic carbocycles. The zero-order chi connectivity index (χ0) is 25.5. The van der Waals surface area contributed by atoms with Gasteiger partial charge in [-0.1, -0.05) is 34.6 Å². The average Bonchev–Trinajstić information content (AvgIpc) is 3.10. The summed E-state index contributed by atoms with van der Waals surface area (Å²) in [6.07, 6.45) is 5.10. The lowest BCUT2D eigenvalue weighted by Crippen LogP contribution is -2.47. The second-order valence-electron chi connectivity index (χ2n) is 11.8. The van der Waals surface area contributed by atoms with Gasteiger partial charge in [-0.15, -0.1) is 0 Å². The van der Waals surface area contributed by atoms with E-state index in [1.165, 1.54) is 13.2 Å². The van der Waals surface area contributed by atoms with Crippen LogP contribution in [-0.4, -0.2) is 45.5 Å². The fourth-order valence-corrected chi connectivity index (χ4v) is 4.94. The Balaban J connectivity index is 2.03. The molecular weight excluding hydrogens is 452 g/mol. The molecule has 2 heterocycles. The highest BCUT2D eigenvalue weighted by Gasteiger charge is 2.42. The van der Waals surface area contributed by atoms with Crippen LogP contribution in [0.1, 0.15) is 64.5 Å². The smallest absolute Gasteiger partial charge is 0.337 e. The van der Waals surface area contributed by atoms with Gasteiger partial charge in [-0.2, -0.15) is 0 Å². The molecule has 7 nitrogen and oxygen atoms in total. The van der Waals surface area contributed by atoms with Gasteiger partial charge in [0.15, 0.2) is 14.1 Å². The SMILES string of the molecule is COC(=O)/C1=C(O)/C=C\[C@H](O[Si](C)(C)C(C)(C)C)c2coc(CC3(C)OCC(C)(C)CO3)c2C1. The number of esters is 1. The lowest BCUT2D eigenvalue weighted by Gasteiger charge is -2.41. The van der Waals surface area contributed by atoms with Crippen LogP contribution in [0.15, 0.2) is 34.2 Å². The molecule has 0 saturated carbocycles. The van der Waals surface area contributed by atoms with Gasteiger partial charge in [0, 0.05) is 23.0 Å². The second-order valence-corrected chi connectivity index (χ2v) is 16.6. The molecule has 0 bridgehead atoms. The van der Waals surface area contributed by atoms with Crippen molar-refractivity contribution >= 4 is 14.3 Å². The third kappa shape index (κ3) is 5.67. The Morgan fingerprint density at radius 2 is 1.82 bits per heavy atom. The molecule has 0 spiro atoms. The molecule has 0 aromatic carbocycles. The lowest BCUT2D eigenvalue weighted by atomic mass is 9.92. The molecule has 190 valence electrons. The van der Waals surface area contributed by atoms with Crippen LogP contribution in [-0.2, 0) is 36.3 Å². The first-order valence-electron chi connectivity index (χ1n) is 11.8. The van der Waals surface area contributed by atoms with Gasteiger partial charge in [-0.05, 0) is 37.2 Å². The second kappa shape index (κ2) is 9.30. The fourth-order valence-electron chi connectivity index (χ4n) is 3.75. The predicted molar refractivity (Wildman–Crippen MR) is 132 cm³/mol. The molecule has 8 heteroatoms. The van der Waals surface area contributed by atoms with E-state index >= 15 is 0 Å². The summed E-state index contributed by atoms with van der Waals surface area (Å²) >= 11 is 0. The summed E-state index contributed by atoms with van der Waals surface area (Å²) in [5.41, 5.74) is 1.74. The number of fused-ring (bicyclic) bond motifs is 1. The number of hydrogen-bond acceptors (Lipinski definition) is 7. The van der Waals surface area contributed by atoms with E-state index in [1.807, 2.05) is 6.92 Å². The molecule has 1 aromatic heterocycles. The van der Waals surface area contributed by atoms with Crippen LogP contribution in [0, 0.1) is 5.41 Å². The first-order valence-corrected chi connectivity index (χ1v) is 14.7. The highest BCUT2D eigenvalue weighted by atomic mass is 28.4. The number of carbonyl (C=O) groups excluding carboxylic acids is 1. The summed E-state index contributed by atoms with van der Waals surface area (Å²) < 4.78 is 29.9. The molecule has 2 aliphatic rings. The maximum atomic E-state index is 12.5. The number of rotatable bonds is 5. The molecule has 1 saturated heterocycles. The monoisotopic (exact) mass is 492 g/mol. The van der Waals surface area contributed by atoms with Gasteiger partial charge >= 0.3 is 5.97 Å². The summed E-state index contributed by atoms with van der Waals surface area (Å²) in [4.78, 5) is 12.5. The Hall–Kier alpha value is -1.87. The Morgan fingerprint density at radius 3 is 2.38 bits per heavy atom. The van der Waals surface area contributed by atoms with Crippen molar-refractivity contribution in [2.75, 3.05) is 20.3 Å². The fraction of sp³-hybridized carbons (Fsp3) is 0.654. The van der Waals surface area contributed by atoms with Crippen LogP contribution in [0.4, 0.5) is 0 Å². The Kier molecular flexibility index (Phi) is 7.31. The van der Waals surface area contributed by atoms with E-state index < -0.39 is 26.2 Å². The summed E-state index contributed by atoms with van der Waals surface area (Å²) in [5, 5.41) is 10.7. The van der Waals surface area contributed by atoms with Gasteiger partial charge in [0.25, 0.3) is 0 Å². The zero-order valence-corrected chi connectivity index (χ0v) is 23.0. The van der Waals surface area contributed by atoms with Crippen molar-refractivity contribution in [2.45, 2.75) is 84.4 Å². The predicted octanol–water partition coefficient (Wildman–Crippen LogP) is 5.77. The maximum Gasteiger partial charge on any atom is 0.337 e. The van der Waals surface area contributed by atoms with Crippen molar-refractivity contribution in [3.8, 4) is 0 Å². The van der Waals surface area contributed by atoms with E-state index in [4.69, 9.17) is 23.1 Å². The van der Waals surface area contributed by atoms with Crippen molar-refractivity contribution in [1.82, 2.24) is 0 Å². The van der Waals surface area contributed by atoms with Crippen LogP contribution >= 0.6 is 0 Å². The maximum absolute atomic E-state index is 12.5. The van der Waals surface area contributed by atoms with E-state index in [1.54, 1.807) is 12.3 Å². The van der Waals surface area contributed by atoms with Crippen LogP contribution in [0.2, 0.25) is 18.1 Å². The number of aliphatic hydroxyl groups excluding tert-OH is 1. The quantitative estimate of drug-likeness (QED) is 0.412. The molecule has 0 amide bonds. The molecule has 3 rings (SSSR count). The van der Waals surface area contributed by atoms with Crippen molar-refractivity contribution < 1.29 is 33.0 Å². The van der Waals surface area contributed by atoms with Crippen molar-refractivity contribution in [1.29, 1.82) is 0 Å². The topological polar surface area (TPSA) is 87.4 Å². The Morgan fingerprint density at radius 1 is 1.21 bits per heavy atom. The third-order valence-corrected chi connectivity index (χ3v) is 11.5. The van der Waals surface area contributed by atoms with Gasteiger partial charge < -0.3 is 28.2 Å². The minimum Gasteiger partial charge on any atom is -0.507 e. The number of furan rings is 1. The third-order valence-electron chi connectivity index (χ3n) is 7.09. The highest BCUT2D eigenvalue weighted by Crippen LogP contribution is 2.43. The minimum absolute atomic E-state index is 0.00491. The van der Waals surface area contributed by atoms with Crippen molar-refractivity contribution in [2.24, 2.45) is 5.41 Å². The van der Waals surface area contributed by atoms with E-state index in [0.29, 0.717) is 25.4 Å². The van der Waals surface area contributed by atoms with Gasteiger partial charge in [0.05, 0.1) is 44.7 Å². The number of carbonyl (C=O) groups is 1. The molecule has 1 fully saturated rings. The van der Waals surface area contributed by atoms with Crippen molar-refractivity contribution in [3.05, 3.63) is 46.6 Å². The number of allylic oxidation sites excluding steroid dienone is 1. The first kappa shape index (κ1) is 26.7. The molecule has 0 radical (unpaired) electrons. The molecule has 1 N–H and O–H groups in total. The lowest BCUT2D eigenvalue weighted by molar-refractivity contribution is -0.289. The number of aliphatic hydroxyl groups is 1. The van der Waals surface area contributed by atoms with E-state index in [2.05, 4.69) is 47.7 Å². The molecule has 0 unspecified atom stereocenters. The van der Waals surface area contributed by atoms with E-state index in [0.717, 1.165) is 11.1 Å². The molecule has 1 atom stereocenters. The highest BCUT2D eigenvalue weighted by molar-refractivity contribution is 6.74. The Bertz CT molecular complexity index is 968. The standard InChI is InChI=1S/C26H40O7Si/c1-24(2,3)34(8,9)33-21-11-10-20(27)18(23(28)29-7)12-17-19(21)14-30-22(17)13-26(6)31-15-25(4,5)16-32-26/h10-11,14,21,27H,12-13,15-16H2,1-9H3/b11-10-,20-18-/t21-/m0/s1. The van der Waals surface area contributed by atoms with Crippen LogP contribution in [0.25, 0.3) is 0 Å². The van der Waals surface area contributed by atoms with E-state index in [-0.39, 0.29) is 28.2 Å². The average molecular weight is 493 g/mol. The molecular formula is C26H40O7Si. The van der Waals surface area contributed by atoms with Gasteiger partial charge in [-0.3, -0.25) is 0 Å². The van der Waals surface area contributed by atoms with Gasteiger partial charge in [0.2, 0.25) is 0 Å². The summed E-state index contributed by atoms with van der Waals surface area (Å²) in [6, 6.07) is 0. The van der Waals surface area contributed by atoms with Crippen LogP contribution < -0.4 is 0 Å². The molecule has 1 aliphatic heterocycles. The summed E-state index contributed by atoms with van der Waals surface area (Å²) in [5.74, 6) is -0.925. The van der Waals surface area contributed by atoms with Crippen LogP contribution in [0.3, 0.4) is 0 Å². The summed E-state index contributed by atoms with van der Waals surface area (Å²) in [7, 11) is -0.859. The molecule has 1 aromatic rings. The number of methoxy groups -OCH3 is 1. The van der Waals surface area contributed by atoms with Crippen LogP contribution in [0.5, 0.6) is 0 Å². The zero-order valence-electron chi connectivity index (χ0n) is 22.0. The van der Waals surface area contributed by atoms with E-state index in [9.17, 15) is 9.90 Å².